The maximum Gasteiger partial charge on any atom is 0.324 e. The second-order valence-corrected chi connectivity index (χ2v) is 9.94. The molecule has 2 amide bonds. The van der Waals surface area contributed by atoms with E-state index in [-0.39, 0.29) is 17.4 Å². The molecule has 0 bridgehead atoms. The molecule has 1 aliphatic rings. The zero-order valence-electron chi connectivity index (χ0n) is 21.4. The lowest BCUT2D eigenvalue weighted by atomic mass is 9.92. The van der Waals surface area contributed by atoms with Crippen LogP contribution in [-0.4, -0.2) is 28.4 Å². The quantitative estimate of drug-likeness (QED) is 0.386. The minimum absolute atomic E-state index is 0.192. The van der Waals surface area contributed by atoms with Gasteiger partial charge in [-0.15, -0.1) is 0 Å². The van der Waals surface area contributed by atoms with Gasteiger partial charge in [0.1, 0.15) is 5.82 Å². The van der Waals surface area contributed by atoms with Gasteiger partial charge in [-0.05, 0) is 61.1 Å². The Labute approximate surface area is 212 Å². The summed E-state index contributed by atoms with van der Waals surface area (Å²) in [6.07, 6.45) is 7.07. The number of esters is 1. The number of aromatic nitrogens is 2. The van der Waals surface area contributed by atoms with E-state index in [2.05, 4.69) is 49.6 Å². The first-order valence-corrected chi connectivity index (χ1v) is 12.5. The lowest BCUT2D eigenvalue weighted by Gasteiger charge is -2.16. The first-order valence-electron chi connectivity index (χ1n) is 12.5. The largest absolute Gasteiger partial charge is 0.466 e. The third-order valence-electron chi connectivity index (χ3n) is 6.14. The van der Waals surface area contributed by atoms with Crippen LogP contribution in [0.1, 0.15) is 62.9 Å². The zero-order valence-corrected chi connectivity index (χ0v) is 21.4. The van der Waals surface area contributed by atoms with Crippen LogP contribution in [0.3, 0.4) is 0 Å². The van der Waals surface area contributed by atoms with E-state index in [1.165, 1.54) is 0 Å². The first kappa shape index (κ1) is 25.2. The summed E-state index contributed by atoms with van der Waals surface area (Å²) in [5, 5.41) is 10.8. The molecular weight excluding hydrogens is 452 g/mol. The normalized spacial score (nSPS) is 12.7. The van der Waals surface area contributed by atoms with E-state index in [0.717, 1.165) is 46.6 Å². The topological polar surface area (TPSA) is 85.2 Å². The Morgan fingerprint density at radius 1 is 1.08 bits per heavy atom. The van der Waals surface area contributed by atoms with Gasteiger partial charge in [-0.25, -0.2) is 9.48 Å². The molecule has 2 N–H and O–H groups in total. The number of ether oxygens (including phenoxy) is 1. The van der Waals surface area contributed by atoms with Crippen molar-refractivity contribution < 1.29 is 14.3 Å². The van der Waals surface area contributed by atoms with E-state index in [1.54, 1.807) is 11.6 Å². The molecule has 188 valence electrons. The number of benzene rings is 2. The van der Waals surface area contributed by atoms with E-state index < -0.39 is 0 Å². The number of carbonyl (C=O) groups excluding carboxylic acids is 2. The fraction of sp³-hybridized carbons (Fsp3) is 0.345. The van der Waals surface area contributed by atoms with Crippen molar-refractivity contribution in [1.82, 2.24) is 9.78 Å². The highest BCUT2D eigenvalue weighted by Crippen LogP contribution is 2.28. The van der Waals surface area contributed by atoms with Gasteiger partial charge in [-0.3, -0.25) is 10.1 Å². The molecule has 3 aromatic rings. The number of carbonyl (C=O) groups is 2. The Kier molecular flexibility index (Phi) is 7.58. The van der Waals surface area contributed by atoms with Gasteiger partial charge in [0.05, 0.1) is 18.0 Å². The van der Waals surface area contributed by atoms with Crippen LogP contribution in [0, 0.1) is 0 Å². The first-order chi connectivity index (χ1) is 17.2. The Bertz CT molecular complexity index is 1270. The van der Waals surface area contributed by atoms with Gasteiger partial charge in [0.15, 0.2) is 0 Å². The monoisotopic (exact) mass is 486 g/mol. The van der Waals surface area contributed by atoms with E-state index in [9.17, 15) is 9.59 Å². The fourth-order valence-corrected chi connectivity index (χ4v) is 4.18. The zero-order chi connectivity index (χ0) is 25.7. The maximum absolute atomic E-state index is 13.0. The van der Waals surface area contributed by atoms with Crippen molar-refractivity contribution in [2.75, 3.05) is 17.2 Å². The van der Waals surface area contributed by atoms with Crippen LogP contribution in [-0.2, 0) is 27.8 Å². The number of allylic oxidation sites excluding steroid dienone is 1. The number of urea groups is 1. The number of amides is 2. The van der Waals surface area contributed by atoms with Crippen molar-refractivity contribution in [3.63, 3.8) is 0 Å². The standard InChI is InChI=1S/C29H34N4O3/c1-5-36-27(34)18-15-20-13-16-22(17-14-20)33-26(19-25(32-33)29(2,3)4)31-28(35)30-24-12-8-10-21-9-6-7-11-23(21)24/h6,8-10,12-14,16-17,19H,5,7,11,15,18H2,1-4H3,(H2,30,31,35). The Hall–Kier alpha value is -3.87. The van der Waals surface area contributed by atoms with Crippen LogP contribution >= 0.6 is 0 Å². The molecule has 1 aliphatic carbocycles. The van der Waals surface area contributed by atoms with Gasteiger partial charge in [0.2, 0.25) is 0 Å². The second-order valence-electron chi connectivity index (χ2n) is 9.94. The van der Waals surface area contributed by atoms with Gasteiger partial charge in [0.25, 0.3) is 0 Å². The average Bonchev–Trinajstić information content (AvgIpc) is 3.28. The third kappa shape index (κ3) is 6.03. The molecule has 36 heavy (non-hydrogen) atoms. The number of nitrogens with one attached hydrogen (secondary N) is 2. The number of aryl methyl sites for hydroxylation is 1. The molecular formula is C29H34N4O3. The number of anilines is 2. The molecule has 0 saturated carbocycles. The molecule has 2 aromatic carbocycles. The van der Waals surface area contributed by atoms with E-state index in [0.29, 0.717) is 25.3 Å². The minimum atomic E-state index is -0.314. The number of nitrogens with zero attached hydrogens (tertiary/aromatic N) is 2. The Morgan fingerprint density at radius 2 is 1.86 bits per heavy atom. The molecule has 0 fully saturated rings. The van der Waals surface area contributed by atoms with Crippen molar-refractivity contribution in [1.29, 1.82) is 0 Å². The molecule has 4 rings (SSSR count). The summed E-state index contributed by atoms with van der Waals surface area (Å²) in [7, 11) is 0. The predicted molar refractivity (Wildman–Crippen MR) is 144 cm³/mol. The van der Waals surface area contributed by atoms with Crippen LogP contribution in [0.5, 0.6) is 0 Å². The molecule has 7 heteroatoms. The van der Waals surface area contributed by atoms with Crippen molar-refractivity contribution in [3.8, 4) is 5.69 Å². The minimum Gasteiger partial charge on any atom is -0.466 e. The molecule has 0 radical (unpaired) electrons. The maximum atomic E-state index is 13.0. The highest BCUT2D eigenvalue weighted by molar-refractivity contribution is 6.00. The Balaban J connectivity index is 1.54. The number of rotatable bonds is 7. The highest BCUT2D eigenvalue weighted by Gasteiger charge is 2.22. The predicted octanol–water partition coefficient (Wildman–Crippen LogP) is 6.27. The average molecular weight is 487 g/mol. The second kappa shape index (κ2) is 10.8. The fourth-order valence-electron chi connectivity index (χ4n) is 4.18. The molecule has 0 saturated heterocycles. The van der Waals surface area contributed by atoms with Crippen LogP contribution in [0.25, 0.3) is 11.8 Å². The van der Waals surface area contributed by atoms with Crippen LogP contribution < -0.4 is 10.6 Å². The molecule has 1 aromatic heterocycles. The van der Waals surface area contributed by atoms with Crippen molar-refractivity contribution in [3.05, 3.63) is 77.0 Å². The van der Waals surface area contributed by atoms with E-state index in [1.807, 2.05) is 42.5 Å². The smallest absolute Gasteiger partial charge is 0.324 e. The van der Waals surface area contributed by atoms with E-state index >= 15 is 0 Å². The summed E-state index contributed by atoms with van der Waals surface area (Å²) in [5.41, 5.74) is 5.64. The number of fused-ring (bicyclic) bond motifs is 1. The molecule has 0 aliphatic heterocycles. The van der Waals surface area contributed by atoms with Gasteiger partial charge < -0.3 is 10.1 Å². The van der Waals surface area contributed by atoms with Gasteiger partial charge in [-0.1, -0.05) is 57.2 Å². The molecule has 0 spiro atoms. The van der Waals surface area contributed by atoms with Gasteiger partial charge in [0, 0.05) is 23.6 Å². The van der Waals surface area contributed by atoms with Crippen LogP contribution in [0.4, 0.5) is 16.3 Å². The third-order valence-corrected chi connectivity index (χ3v) is 6.14. The van der Waals surface area contributed by atoms with Crippen molar-refractivity contribution in [2.45, 2.75) is 58.8 Å². The van der Waals surface area contributed by atoms with Crippen molar-refractivity contribution in [2.24, 2.45) is 0 Å². The molecule has 1 heterocycles. The number of hydrogen-bond donors (Lipinski definition) is 2. The molecule has 0 atom stereocenters. The molecule has 0 unspecified atom stereocenters. The summed E-state index contributed by atoms with van der Waals surface area (Å²) in [6, 6.07) is 15.4. The van der Waals surface area contributed by atoms with E-state index in [4.69, 9.17) is 9.84 Å². The van der Waals surface area contributed by atoms with Crippen LogP contribution in [0.15, 0.2) is 54.6 Å². The summed E-state index contributed by atoms with van der Waals surface area (Å²) >= 11 is 0. The van der Waals surface area contributed by atoms with Crippen LogP contribution in [0.2, 0.25) is 0 Å². The highest BCUT2D eigenvalue weighted by atomic mass is 16.5. The lowest BCUT2D eigenvalue weighted by molar-refractivity contribution is -0.143. The summed E-state index contributed by atoms with van der Waals surface area (Å²) in [4.78, 5) is 24.7. The summed E-state index contributed by atoms with van der Waals surface area (Å²) in [6.45, 7) is 8.46. The Morgan fingerprint density at radius 3 is 2.58 bits per heavy atom. The van der Waals surface area contributed by atoms with Gasteiger partial charge in [-0.2, -0.15) is 5.10 Å². The van der Waals surface area contributed by atoms with Gasteiger partial charge >= 0.3 is 12.0 Å². The SMILES string of the molecule is CCOC(=O)CCc1ccc(-n2nc(C(C)(C)C)cc2NC(=O)Nc2cccc3c2CCC=C3)cc1. The lowest BCUT2D eigenvalue weighted by Crippen LogP contribution is -2.22. The number of hydrogen-bond acceptors (Lipinski definition) is 4. The summed E-state index contributed by atoms with van der Waals surface area (Å²) < 4.78 is 6.76. The molecule has 7 nitrogen and oxygen atoms in total. The van der Waals surface area contributed by atoms with Crippen molar-refractivity contribution >= 4 is 29.6 Å². The summed E-state index contributed by atoms with van der Waals surface area (Å²) in [5.74, 6) is 0.387.